The van der Waals surface area contributed by atoms with Gasteiger partial charge in [0.05, 0.1) is 16.1 Å². The summed E-state index contributed by atoms with van der Waals surface area (Å²) >= 11 is 7.43. The Bertz CT molecular complexity index is 3040. The van der Waals surface area contributed by atoms with Gasteiger partial charge < -0.3 is 35.5 Å². The molecule has 15 nitrogen and oxygen atoms in total. The molecule has 6 aromatic rings. The molecule has 0 bridgehead atoms. The van der Waals surface area contributed by atoms with Gasteiger partial charge in [-0.1, -0.05) is 66.7 Å². The highest BCUT2D eigenvalue weighted by molar-refractivity contribution is 7.88. The average molecular weight is 970 g/mol. The number of amides is 2. The molecular formula is C49H53ClN6O9S2. The molecule has 2 amide bonds. The summed E-state index contributed by atoms with van der Waals surface area (Å²) < 4.78 is 36.8. The zero-order valence-corrected chi connectivity index (χ0v) is 39.6. The predicted molar refractivity (Wildman–Crippen MR) is 263 cm³/mol. The monoisotopic (exact) mass is 968 g/mol. The Kier molecular flexibility index (Phi) is 14.0. The number of nitrogens with one attached hydrogen (secondary N) is 4. The van der Waals surface area contributed by atoms with Crippen molar-refractivity contribution in [2.45, 2.75) is 75.7 Å². The number of sulfonamides is 1. The summed E-state index contributed by atoms with van der Waals surface area (Å²) in [5.41, 5.74) is 4.37. The minimum absolute atomic E-state index is 0.0181. The largest absolute Gasteiger partial charge is 0.479 e. The van der Waals surface area contributed by atoms with E-state index in [1.807, 2.05) is 66.9 Å². The fourth-order valence-corrected chi connectivity index (χ4v) is 12.9. The van der Waals surface area contributed by atoms with Gasteiger partial charge in [-0.15, -0.1) is 11.3 Å². The van der Waals surface area contributed by atoms with Crippen molar-refractivity contribution < 1.29 is 42.5 Å². The lowest BCUT2D eigenvalue weighted by molar-refractivity contribution is -0.139. The first-order valence-electron chi connectivity index (χ1n) is 22.2. The first kappa shape index (κ1) is 47.5. The number of aliphatic carboxylic acids is 1. The third-order valence-electron chi connectivity index (χ3n) is 12.5. The van der Waals surface area contributed by atoms with Crippen LogP contribution in [0.15, 0.2) is 78.9 Å². The molecule has 0 aliphatic carbocycles. The van der Waals surface area contributed by atoms with E-state index in [2.05, 4.69) is 46.0 Å². The van der Waals surface area contributed by atoms with E-state index in [0.717, 1.165) is 69.1 Å². The van der Waals surface area contributed by atoms with Crippen molar-refractivity contribution in [3.05, 3.63) is 105 Å². The number of piperidine rings is 2. The van der Waals surface area contributed by atoms with Crippen molar-refractivity contribution in [3.63, 3.8) is 0 Å². The van der Waals surface area contributed by atoms with Crippen molar-refractivity contribution >= 4 is 96.3 Å². The summed E-state index contributed by atoms with van der Waals surface area (Å²) in [5.74, 6) is -3.40. The summed E-state index contributed by atoms with van der Waals surface area (Å²) in [4.78, 5) is 47.8. The molecule has 0 saturated carbocycles. The van der Waals surface area contributed by atoms with Crippen molar-refractivity contribution in [2.24, 2.45) is 0 Å². The van der Waals surface area contributed by atoms with E-state index in [4.69, 9.17) is 21.4 Å². The molecule has 4 aromatic carbocycles. The molecule has 2 atom stereocenters. The number of carbonyl (C=O) groups is 4. The number of aromatic nitrogens is 1. The molecule has 2 aliphatic heterocycles. The van der Waals surface area contributed by atoms with E-state index in [0.29, 0.717) is 61.3 Å². The lowest BCUT2D eigenvalue weighted by Crippen LogP contribution is -2.55. The number of aryl methyl sites for hydroxylation is 1. The maximum Gasteiger partial charge on any atom is 0.349 e. The SMILES string of the molecule is C=c1c2cccc3c(CCCNCCNc4cccc(CS(=O)(=O)N5CC[C@H](Nc6cccc(-c7sc(C(=O)O)c(OCC(=O)O)c7Cl)c6)CC5(C)C)c4)ccc(c32)n1C1CCC(=O)NC1=O. The highest BCUT2D eigenvalue weighted by Gasteiger charge is 2.41. The maximum absolute atomic E-state index is 14.0. The molecular weight excluding hydrogens is 916 g/mol. The fourth-order valence-electron chi connectivity index (χ4n) is 9.54. The van der Waals surface area contributed by atoms with Gasteiger partial charge in [0.15, 0.2) is 17.2 Å². The Labute approximate surface area is 397 Å². The molecule has 2 aliphatic rings. The third kappa shape index (κ3) is 10.3. The quantitative estimate of drug-likeness (QED) is 0.0350. The molecule has 67 heavy (non-hydrogen) atoms. The number of aromatic carboxylic acids is 1. The number of carbonyl (C=O) groups excluding carboxylic acids is 2. The lowest BCUT2D eigenvalue weighted by atomic mass is 9.89. The van der Waals surface area contributed by atoms with Crippen LogP contribution in [0.25, 0.3) is 38.7 Å². The van der Waals surface area contributed by atoms with Crippen LogP contribution in [0, 0.1) is 0 Å². The molecule has 2 saturated heterocycles. The second-order valence-electron chi connectivity index (χ2n) is 17.7. The van der Waals surface area contributed by atoms with E-state index in [9.17, 15) is 32.7 Å². The molecule has 0 spiro atoms. The highest BCUT2D eigenvalue weighted by atomic mass is 35.5. The minimum Gasteiger partial charge on any atom is -0.479 e. The number of hydrogen-bond acceptors (Lipinski definition) is 11. The standard InChI is InChI=1S/C49H53ClN6O9S2/c1-29-36-13-6-14-37-31(15-16-38(42(36)37)56(29)39-17-18-40(57)54-47(39)60)10-7-20-51-21-22-52-33-11-4-8-30(24-33)28-67(63,64)55-23-19-35(26-49(55,2)3)53-34-12-5-9-32(25-34)45-43(50)44(65-27-41(58)59)46(66-45)48(61)62/h4-6,8-9,11-16,24-25,35,39,51-53H,1,7,10,17-23,26-28H2,2-3H3,(H,58,59)(H,61,62)(H,54,57,60)/t35-,39?/m0/s1. The van der Waals surface area contributed by atoms with Crippen LogP contribution in [0.5, 0.6) is 5.75 Å². The van der Waals surface area contributed by atoms with Gasteiger partial charge in [-0.2, -0.15) is 4.31 Å². The number of imide groups is 1. The van der Waals surface area contributed by atoms with Gasteiger partial charge in [0.25, 0.3) is 0 Å². The summed E-state index contributed by atoms with van der Waals surface area (Å²) in [6.45, 7) is 9.95. The van der Waals surface area contributed by atoms with E-state index in [1.165, 1.54) is 5.56 Å². The molecule has 4 heterocycles. The van der Waals surface area contributed by atoms with Gasteiger partial charge in [-0.25, -0.2) is 18.0 Å². The van der Waals surface area contributed by atoms with Crippen molar-refractivity contribution in [1.29, 1.82) is 0 Å². The van der Waals surface area contributed by atoms with Gasteiger partial charge in [0.2, 0.25) is 21.8 Å². The van der Waals surface area contributed by atoms with Crippen LogP contribution in [0.4, 0.5) is 11.4 Å². The van der Waals surface area contributed by atoms with Gasteiger partial charge in [-0.3, -0.25) is 14.9 Å². The highest BCUT2D eigenvalue weighted by Crippen LogP contribution is 2.46. The van der Waals surface area contributed by atoms with Crippen LogP contribution in [-0.2, 0) is 36.6 Å². The zero-order chi connectivity index (χ0) is 47.6. The van der Waals surface area contributed by atoms with Gasteiger partial charge in [-0.05, 0) is 105 Å². The summed E-state index contributed by atoms with van der Waals surface area (Å²) in [5, 5.41) is 35.7. The average Bonchev–Trinajstić information content (AvgIpc) is 3.76. The van der Waals surface area contributed by atoms with Crippen molar-refractivity contribution in [3.8, 4) is 16.2 Å². The molecule has 2 fully saturated rings. The molecule has 0 radical (unpaired) electrons. The van der Waals surface area contributed by atoms with Crippen LogP contribution in [0.1, 0.15) is 72.8 Å². The van der Waals surface area contributed by atoms with E-state index >= 15 is 0 Å². The Balaban J connectivity index is 0.811. The van der Waals surface area contributed by atoms with Crippen LogP contribution in [0.2, 0.25) is 5.02 Å². The number of halogens is 1. The topological polar surface area (TPSA) is 208 Å². The van der Waals surface area contributed by atoms with Crippen LogP contribution in [0.3, 0.4) is 0 Å². The van der Waals surface area contributed by atoms with E-state index in [-0.39, 0.29) is 39.3 Å². The molecule has 18 heteroatoms. The zero-order valence-electron chi connectivity index (χ0n) is 37.2. The predicted octanol–water partition coefficient (Wildman–Crippen LogP) is 7.26. The first-order chi connectivity index (χ1) is 32.0. The van der Waals surface area contributed by atoms with Gasteiger partial charge in [0, 0.05) is 65.1 Å². The summed E-state index contributed by atoms with van der Waals surface area (Å²) in [6, 6.07) is 24.6. The molecule has 6 N–H and O–H groups in total. The number of rotatable bonds is 19. The van der Waals surface area contributed by atoms with Crippen LogP contribution in [-0.4, -0.2) is 95.6 Å². The Morgan fingerprint density at radius 2 is 1.73 bits per heavy atom. The van der Waals surface area contributed by atoms with Gasteiger partial charge in [0.1, 0.15) is 11.1 Å². The molecule has 352 valence electrons. The molecule has 8 rings (SSSR count). The molecule has 1 unspecified atom stereocenters. The maximum atomic E-state index is 14.0. The Morgan fingerprint density at radius 1 is 0.970 bits per heavy atom. The Hall–Kier alpha value is -5.98. The number of ether oxygens (including phenoxy) is 1. The summed E-state index contributed by atoms with van der Waals surface area (Å²) in [6.07, 6.45) is 3.62. The second kappa shape index (κ2) is 19.7. The number of thiophene rings is 1. The second-order valence-corrected chi connectivity index (χ2v) is 21.0. The van der Waals surface area contributed by atoms with Crippen LogP contribution >= 0.6 is 22.9 Å². The number of benzene rings is 4. The third-order valence-corrected chi connectivity index (χ3v) is 16.2. The van der Waals surface area contributed by atoms with Crippen LogP contribution < -0.4 is 31.4 Å². The number of hydrogen-bond donors (Lipinski definition) is 6. The van der Waals surface area contributed by atoms with E-state index < -0.39 is 40.1 Å². The number of nitrogens with zero attached hydrogens (tertiary/aromatic N) is 2. The lowest BCUT2D eigenvalue weighted by Gasteiger charge is -2.45. The van der Waals surface area contributed by atoms with E-state index in [1.54, 1.807) is 16.4 Å². The smallest absolute Gasteiger partial charge is 0.349 e. The number of anilines is 2. The summed E-state index contributed by atoms with van der Waals surface area (Å²) in [7, 11) is -3.69. The number of carboxylic acid groups (broad SMARTS) is 2. The fraction of sp³-hybridized carbons (Fsp3) is 0.347. The Morgan fingerprint density at radius 3 is 2.49 bits per heavy atom. The molecule has 2 aromatic heterocycles. The van der Waals surface area contributed by atoms with Crippen molar-refractivity contribution in [2.75, 3.05) is 43.4 Å². The minimum atomic E-state index is -3.69. The van der Waals surface area contributed by atoms with Crippen molar-refractivity contribution in [1.82, 2.24) is 19.5 Å². The first-order valence-corrected chi connectivity index (χ1v) is 25.0. The normalized spacial score (nSPS) is 17.7. The number of carboxylic acids is 2. The van der Waals surface area contributed by atoms with Gasteiger partial charge >= 0.3 is 11.9 Å².